The van der Waals surface area contributed by atoms with Crippen LogP contribution >= 0.6 is 0 Å². The molecule has 0 aliphatic heterocycles. The Balaban J connectivity index is 2.18. The van der Waals surface area contributed by atoms with Gasteiger partial charge in [0.05, 0.1) is 13.7 Å². The number of methoxy groups -OCH3 is 2. The maximum Gasteiger partial charge on any atom is 0.124 e. The fourth-order valence-electron chi connectivity index (χ4n) is 2.78. The van der Waals surface area contributed by atoms with E-state index in [0.29, 0.717) is 12.6 Å². The third-order valence-electron chi connectivity index (χ3n) is 4.38. The summed E-state index contributed by atoms with van der Waals surface area (Å²) < 4.78 is 10.7. The molecule has 1 heterocycles. The van der Waals surface area contributed by atoms with E-state index in [1.165, 1.54) is 11.1 Å². The van der Waals surface area contributed by atoms with Gasteiger partial charge in [0.1, 0.15) is 5.75 Å². The van der Waals surface area contributed by atoms with Crippen molar-refractivity contribution < 1.29 is 9.47 Å². The molecule has 0 unspecified atom stereocenters. The van der Waals surface area contributed by atoms with E-state index in [1.807, 2.05) is 18.5 Å². The molecule has 0 saturated heterocycles. The highest BCUT2D eigenvalue weighted by Gasteiger charge is 2.14. The molecule has 2 rings (SSSR count). The Hall–Kier alpha value is -1.91. The van der Waals surface area contributed by atoms with E-state index in [1.54, 1.807) is 14.2 Å². The molecule has 0 saturated carbocycles. The SMILES string of the molecule is CC[C@@H](C)N(Cc1ccncc1)Cc1ccc(OC)c(COC)c1. The van der Waals surface area contributed by atoms with Gasteiger partial charge in [-0.25, -0.2) is 0 Å². The second kappa shape index (κ2) is 9.40. The summed E-state index contributed by atoms with van der Waals surface area (Å²) >= 11 is 0. The first-order valence-corrected chi connectivity index (χ1v) is 8.45. The molecule has 0 spiro atoms. The maximum atomic E-state index is 5.42. The molecule has 130 valence electrons. The lowest BCUT2D eigenvalue weighted by Gasteiger charge is -2.29. The van der Waals surface area contributed by atoms with Gasteiger partial charge in [0.15, 0.2) is 0 Å². The van der Waals surface area contributed by atoms with Gasteiger partial charge >= 0.3 is 0 Å². The molecule has 1 aromatic heterocycles. The predicted molar refractivity (Wildman–Crippen MR) is 96.9 cm³/mol. The van der Waals surface area contributed by atoms with Crippen LogP contribution in [0.4, 0.5) is 0 Å². The minimum absolute atomic E-state index is 0.506. The minimum Gasteiger partial charge on any atom is -0.496 e. The summed E-state index contributed by atoms with van der Waals surface area (Å²) in [5.41, 5.74) is 3.65. The first kappa shape index (κ1) is 18.4. The minimum atomic E-state index is 0.506. The van der Waals surface area contributed by atoms with Crippen LogP contribution in [0.3, 0.4) is 0 Å². The Morgan fingerprint density at radius 1 is 1.04 bits per heavy atom. The van der Waals surface area contributed by atoms with Crippen molar-refractivity contribution in [1.29, 1.82) is 0 Å². The van der Waals surface area contributed by atoms with E-state index in [2.05, 4.69) is 48.0 Å². The van der Waals surface area contributed by atoms with E-state index in [9.17, 15) is 0 Å². The molecule has 4 heteroatoms. The Morgan fingerprint density at radius 2 is 1.75 bits per heavy atom. The Morgan fingerprint density at radius 3 is 2.38 bits per heavy atom. The van der Waals surface area contributed by atoms with E-state index in [0.717, 1.165) is 30.8 Å². The largest absolute Gasteiger partial charge is 0.496 e. The van der Waals surface area contributed by atoms with Crippen LogP contribution in [0.5, 0.6) is 5.75 Å². The molecule has 24 heavy (non-hydrogen) atoms. The molecule has 0 aliphatic carbocycles. The number of benzene rings is 1. The van der Waals surface area contributed by atoms with Gasteiger partial charge in [0.25, 0.3) is 0 Å². The zero-order chi connectivity index (χ0) is 17.4. The van der Waals surface area contributed by atoms with Gasteiger partial charge in [-0.3, -0.25) is 9.88 Å². The number of pyridine rings is 1. The van der Waals surface area contributed by atoms with Gasteiger partial charge in [0, 0.05) is 44.2 Å². The summed E-state index contributed by atoms with van der Waals surface area (Å²) in [6, 6.07) is 11.0. The lowest BCUT2D eigenvalue weighted by Crippen LogP contribution is -2.31. The van der Waals surface area contributed by atoms with Crippen LogP contribution in [-0.2, 0) is 24.4 Å². The topological polar surface area (TPSA) is 34.6 Å². The van der Waals surface area contributed by atoms with Crippen LogP contribution in [0, 0.1) is 0 Å². The summed E-state index contributed by atoms with van der Waals surface area (Å²) in [5, 5.41) is 0. The van der Waals surface area contributed by atoms with Crippen molar-refractivity contribution in [3.05, 3.63) is 59.4 Å². The third kappa shape index (κ3) is 5.05. The first-order chi connectivity index (χ1) is 11.7. The zero-order valence-electron chi connectivity index (χ0n) is 15.2. The monoisotopic (exact) mass is 328 g/mol. The third-order valence-corrected chi connectivity index (χ3v) is 4.38. The highest BCUT2D eigenvalue weighted by Crippen LogP contribution is 2.23. The van der Waals surface area contributed by atoms with Gasteiger partial charge in [-0.05, 0) is 48.7 Å². The molecule has 0 radical (unpaired) electrons. The van der Waals surface area contributed by atoms with E-state index in [4.69, 9.17) is 9.47 Å². The van der Waals surface area contributed by atoms with Crippen molar-refractivity contribution in [3.63, 3.8) is 0 Å². The van der Waals surface area contributed by atoms with Crippen LogP contribution in [0.1, 0.15) is 37.0 Å². The average molecular weight is 328 g/mol. The van der Waals surface area contributed by atoms with Crippen LogP contribution < -0.4 is 4.74 Å². The molecule has 4 nitrogen and oxygen atoms in total. The highest BCUT2D eigenvalue weighted by atomic mass is 16.5. The average Bonchev–Trinajstić information content (AvgIpc) is 2.62. The van der Waals surface area contributed by atoms with Crippen molar-refractivity contribution in [2.24, 2.45) is 0 Å². The van der Waals surface area contributed by atoms with E-state index in [-0.39, 0.29) is 0 Å². The Kier molecular flexibility index (Phi) is 7.22. The van der Waals surface area contributed by atoms with Gasteiger partial charge in [-0.1, -0.05) is 13.0 Å². The van der Waals surface area contributed by atoms with E-state index >= 15 is 0 Å². The normalized spacial score (nSPS) is 12.4. The van der Waals surface area contributed by atoms with Crippen molar-refractivity contribution in [2.45, 2.75) is 46.0 Å². The number of aromatic nitrogens is 1. The van der Waals surface area contributed by atoms with Crippen LogP contribution in [0.2, 0.25) is 0 Å². The van der Waals surface area contributed by atoms with Gasteiger partial charge in [-0.2, -0.15) is 0 Å². The second-order valence-electron chi connectivity index (χ2n) is 6.10. The van der Waals surface area contributed by atoms with Crippen LogP contribution in [-0.4, -0.2) is 30.1 Å². The molecule has 0 bridgehead atoms. The number of rotatable bonds is 9. The van der Waals surface area contributed by atoms with Crippen molar-refractivity contribution in [1.82, 2.24) is 9.88 Å². The molecule has 0 amide bonds. The fourth-order valence-corrected chi connectivity index (χ4v) is 2.78. The molecular formula is C20H28N2O2. The van der Waals surface area contributed by atoms with Crippen molar-refractivity contribution in [3.8, 4) is 5.75 Å². The predicted octanol–water partition coefficient (Wildman–Crippen LogP) is 4.04. The molecule has 0 N–H and O–H groups in total. The van der Waals surface area contributed by atoms with Gasteiger partial charge in [-0.15, -0.1) is 0 Å². The van der Waals surface area contributed by atoms with Gasteiger partial charge < -0.3 is 9.47 Å². The fraction of sp³-hybridized carbons (Fsp3) is 0.450. The first-order valence-electron chi connectivity index (χ1n) is 8.45. The summed E-state index contributed by atoms with van der Waals surface area (Å²) in [6.07, 6.45) is 4.83. The molecule has 1 atom stereocenters. The highest BCUT2D eigenvalue weighted by molar-refractivity contribution is 5.37. The standard InChI is InChI=1S/C20H28N2O2/c1-5-16(2)22(13-17-8-10-21-11-9-17)14-18-6-7-20(24-4)19(12-18)15-23-3/h6-12,16H,5,13-15H2,1-4H3/t16-/m1/s1. The lowest BCUT2D eigenvalue weighted by molar-refractivity contribution is 0.179. The number of hydrogen-bond acceptors (Lipinski definition) is 4. The maximum absolute atomic E-state index is 5.42. The lowest BCUT2D eigenvalue weighted by atomic mass is 10.1. The second-order valence-corrected chi connectivity index (χ2v) is 6.10. The molecule has 0 aliphatic rings. The van der Waals surface area contributed by atoms with Crippen molar-refractivity contribution >= 4 is 0 Å². The molecule has 2 aromatic rings. The van der Waals surface area contributed by atoms with E-state index < -0.39 is 0 Å². The summed E-state index contributed by atoms with van der Waals surface area (Å²) in [6.45, 7) is 6.89. The molecular weight excluding hydrogens is 300 g/mol. The van der Waals surface area contributed by atoms with Crippen molar-refractivity contribution in [2.75, 3.05) is 14.2 Å². The molecule has 1 aromatic carbocycles. The van der Waals surface area contributed by atoms with Crippen LogP contribution in [0.15, 0.2) is 42.7 Å². The van der Waals surface area contributed by atoms with Gasteiger partial charge in [0.2, 0.25) is 0 Å². The number of nitrogens with zero attached hydrogens (tertiary/aromatic N) is 2. The quantitative estimate of drug-likeness (QED) is 0.696. The smallest absolute Gasteiger partial charge is 0.124 e. The van der Waals surface area contributed by atoms with Crippen LogP contribution in [0.25, 0.3) is 0 Å². The number of ether oxygens (including phenoxy) is 2. The zero-order valence-corrected chi connectivity index (χ0v) is 15.2. The summed E-state index contributed by atoms with van der Waals surface area (Å²) in [7, 11) is 3.41. The summed E-state index contributed by atoms with van der Waals surface area (Å²) in [5.74, 6) is 0.879. The Labute approximate surface area is 145 Å². The number of hydrogen-bond donors (Lipinski definition) is 0. The Bertz CT molecular complexity index is 616. The molecule has 0 fully saturated rings. The summed E-state index contributed by atoms with van der Waals surface area (Å²) in [4.78, 5) is 6.60.